The zero-order valence-electron chi connectivity index (χ0n) is 10.1. The average Bonchev–Trinajstić information content (AvgIpc) is 3.01. The van der Waals surface area contributed by atoms with Crippen molar-refractivity contribution in [2.24, 2.45) is 0 Å². The van der Waals surface area contributed by atoms with E-state index in [2.05, 4.69) is 15.1 Å². The number of nitrogen functional groups attached to an aromatic ring is 1. The van der Waals surface area contributed by atoms with Gasteiger partial charge in [-0.2, -0.15) is 5.10 Å². The van der Waals surface area contributed by atoms with Gasteiger partial charge in [0.2, 0.25) is 0 Å². The fourth-order valence-corrected chi connectivity index (χ4v) is 3.32. The maximum Gasteiger partial charge on any atom is 0.180 e. The SMILES string of the molecule is Nc1nc2c(s1)CCc1c-2cnn1-c1ccccn1. The Morgan fingerprint density at radius 3 is 3.05 bits per heavy atom. The molecule has 3 aromatic rings. The summed E-state index contributed by atoms with van der Waals surface area (Å²) in [6.07, 6.45) is 5.55. The highest BCUT2D eigenvalue weighted by Crippen LogP contribution is 2.37. The fraction of sp³-hybridized carbons (Fsp3) is 0.154. The van der Waals surface area contributed by atoms with Crippen LogP contribution in [0, 0.1) is 0 Å². The van der Waals surface area contributed by atoms with Gasteiger partial charge in [-0.25, -0.2) is 14.6 Å². The van der Waals surface area contributed by atoms with Gasteiger partial charge in [0.25, 0.3) is 0 Å². The van der Waals surface area contributed by atoms with Gasteiger partial charge >= 0.3 is 0 Å². The summed E-state index contributed by atoms with van der Waals surface area (Å²) in [6.45, 7) is 0. The number of hydrogen-bond donors (Lipinski definition) is 1. The van der Waals surface area contributed by atoms with Gasteiger partial charge in [-0.1, -0.05) is 6.07 Å². The van der Waals surface area contributed by atoms with Gasteiger partial charge in [0.15, 0.2) is 10.9 Å². The number of pyridine rings is 1. The van der Waals surface area contributed by atoms with E-state index in [9.17, 15) is 0 Å². The molecule has 4 rings (SSSR count). The lowest BCUT2D eigenvalue weighted by Crippen LogP contribution is -2.08. The molecule has 0 unspecified atom stereocenters. The minimum absolute atomic E-state index is 0.628. The summed E-state index contributed by atoms with van der Waals surface area (Å²) < 4.78 is 1.90. The summed E-state index contributed by atoms with van der Waals surface area (Å²) in [5.41, 5.74) is 9.04. The van der Waals surface area contributed by atoms with Crippen LogP contribution in [0.3, 0.4) is 0 Å². The van der Waals surface area contributed by atoms with E-state index in [1.54, 1.807) is 17.5 Å². The molecule has 0 atom stereocenters. The largest absolute Gasteiger partial charge is 0.375 e. The maximum atomic E-state index is 5.80. The van der Waals surface area contributed by atoms with E-state index in [0.717, 1.165) is 35.6 Å². The summed E-state index contributed by atoms with van der Waals surface area (Å²) >= 11 is 1.57. The van der Waals surface area contributed by atoms with Crippen LogP contribution in [0.5, 0.6) is 0 Å². The topological polar surface area (TPSA) is 69.6 Å². The van der Waals surface area contributed by atoms with Crippen LogP contribution in [0.1, 0.15) is 10.6 Å². The van der Waals surface area contributed by atoms with Crippen LogP contribution in [-0.2, 0) is 12.8 Å². The molecular formula is C13H11N5S. The Labute approximate surface area is 113 Å². The van der Waals surface area contributed by atoms with Gasteiger partial charge in [0, 0.05) is 16.6 Å². The molecule has 0 saturated heterocycles. The number of thiazole rings is 1. The number of rotatable bonds is 1. The Hall–Kier alpha value is -2.21. The molecule has 3 heterocycles. The number of nitrogens with zero attached hydrogens (tertiary/aromatic N) is 4. The van der Waals surface area contributed by atoms with E-state index in [-0.39, 0.29) is 0 Å². The number of anilines is 1. The monoisotopic (exact) mass is 269 g/mol. The second-order valence-corrected chi connectivity index (χ2v) is 5.54. The lowest BCUT2D eigenvalue weighted by atomic mass is 10.0. The predicted molar refractivity (Wildman–Crippen MR) is 74.3 cm³/mol. The molecule has 0 amide bonds. The van der Waals surface area contributed by atoms with Crippen LogP contribution >= 0.6 is 11.3 Å². The zero-order chi connectivity index (χ0) is 12.8. The van der Waals surface area contributed by atoms with Crippen LogP contribution in [0.25, 0.3) is 17.1 Å². The van der Waals surface area contributed by atoms with Crippen LogP contribution < -0.4 is 5.73 Å². The molecule has 6 heteroatoms. The molecule has 94 valence electrons. The molecule has 0 bridgehead atoms. The Kier molecular flexibility index (Phi) is 2.19. The number of fused-ring (bicyclic) bond motifs is 3. The molecule has 0 spiro atoms. The summed E-state index contributed by atoms with van der Waals surface area (Å²) in [7, 11) is 0. The number of nitrogens with two attached hydrogens (primary N) is 1. The van der Waals surface area contributed by atoms with E-state index in [1.807, 2.05) is 29.1 Å². The van der Waals surface area contributed by atoms with E-state index in [4.69, 9.17) is 5.73 Å². The first-order valence-corrected chi connectivity index (χ1v) is 6.88. The second-order valence-electron chi connectivity index (χ2n) is 4.43. The molecular weight excluding hydrogens is 258 g/mol. The normalized spacial score (nSPS) is 13.1. The van der Waals surface area contributed by atoms with Gasteiger partial charge < -0.3 is 5.73 Å². The molecule has 0 radical (unpaired) electrons. The molecule has 0 aromatic carbocycles. The van der Waals surface area contributed by atoms with E-state index in [1.165, 1.54) is 4.88 Å². The quantitative estimate of drug-likeness (QED) is 0.734. The lowest BCUT2D eigenvalue weighted by Gasteiger charge is -2.12. The predicted octanol–water partition coefficient (Wildman–Crippen LogP) is 2.07. The molecule has 1 aliphatic carbocycles. The molecule has 3 aromatic heterocycles. The van der Waals surface area contributed by atoms with Crippen molar-refractivity contribution in [3.05, 3.63) is 41.2 Å². The summed E-state index contributed by atoms with van der Waals surface area (Å²) in [6, 6.07) is 5.82. The Morgan fingerprint density at radius 1 is 1.26 bits per heavy atom. The third-order valence-electron chi connectivity index (χ3n) is 3.29. The highest BCUT2D eigenvalue weighted by atomic mass is 32.1. The van der Waals surface area contributed by atoms with Crippen molar-refractivity contribution in [1.82, 2.24) is 19.7 Å². The number of aromatic nitrogens is 4. The first kappa shape index (κ1) is 10.7. The average molecular weight is 269 g/mol. The summed E-state index contributed by atoms with van der Waals surface area (Å²) in [5.74, 6) is 0.843. The second kappa shape index (κ2) is 3.89. The van der Waals surface area contributed by atoms with E-state index < -0.39 is 0 Å². The summed E-state index contributed by atoms with van der Waals surface area (Å²) in [4.78, 5) is 10.0. The van der Waals surface area contributed by atoms with Crippen molar-refractivity contribution < 1.29 is 0 Å². The smallest absolute Gasteiger partial charge is 0.180 e. The number of aryl methyl sites for hydroxylation is 1. The molecule has 19 heavy (non-hydrogen) atoms. The first-order chi connectivity index (χ1) is 9.33. The molecule has 5 nitrogen and oxygen atoms in total. The van der Waals surface area contributed by atoms with Gasteiger partial charge in [-0.05, 0) is 25.0 Å². The minimum Gasteiger partial charge on any atom is -0.375 e. The van der Waals surface area contributed by atoms with Crippen molar-refractivity contribution in [3.8, 4) is 17.1 Å². The van der Waals surface area contributed by atoms with Crippen molar-refractivity contribution in [3.63, 3.8) is 0 Å². The van der Waals surface area contributed by atoms with Gasteiger partial charge in [0.1, 0.15) is 0 Å². The first-order valence-electron chi connectivity index (χ1n) is 6.07. The van der Waals surface area contributed by atoms with E-state index in [0.29, 0.717) is 5.13 Å². The minimum atomic E-state index is 0.628. The van der Waals surface area contributed by atoms with Crippen molar-refractivity contribution in [2.75, 3.05) is 5.73 Å². The highest BCUT2D eigenvalue weighted by Gasteiger charge is 2.24. The van der Waals surface area contributed by atoms with Crippen LogP contribution in [0.4, 0.5) is 5.13 Å². The molecule has 0 aliphatic heterocycles. The van der Waals surface area contributed by atoms with Crippen molar-refractivity contribution >= 4 is 16.5 Å². The molecule has 0 fully saturated rings. The molecule has 2 N–H and O–H groups in total. The van der Waals surface area contributed by atoms with Crippen molar-refractivity contribution in [1.29, 1.82) is 0 Å². The van der Waals surface area contributed by atoms with Gasteiger partial charge in [-0.15, -0.1) is 11.3 Å². The van der Waals surface area contributed by atoms with Crippen LogP contribution in [0.2, 0.25) is 0 Å². The van der Waals surface area contributed by atoms with Crippen molar-refractivity contribution in [2.45, 2.75) is 12.8 Å². The van der Waals surface area contributed by atoms with E-state index >= 15 is 0 Å². The standard InChI is InChI=1S/C13H11N5S/c14-13-17-12-8-7-16-18(11-3-1-2-6-15-11)9(8)4-5-10(12)19-13/h1-3,6-7H,4-5H2,(H2,14,17). The fourth-order valence-electron chi connectivity index (χ4n) is 2.47. The summed E-state index contributed by atoms with van der Waals surface area (Å²) in [5, 5.41) is 5.08. The Bertz CT molecular complexity index is 744. The highest BCUT2D eigenvalue weighted by molar-refractivity contribution is 7.15. The molecule has 0 saturated carbocycles. The molecule has 1 aliphatic rings. The van der Waals surface area contributed by atoms with Gasteiger partial charge in [-0.3, -0.25) is 0 Å². The lowest BCUT2D eigenvalue weighted by molar-refractivity contribution is 0.765. The third kappa shape index (κ3) is 1.57. The maximum absolute atomic E-state index is 5.80. The Balaban J connectivity index is 1.90. The van der Waals surface area contributed by atoms with Gasteiger partial charge in [0.05, 0.1) is 17.6 Å². The van der Waals surface area contributed by atoms with Crippen LogP contribution in [-0.4, -0.2) is 19.7 Å². The third-order valence-corrected chi connectivity index (χ3v) is 4.24. The van der Waals surface area contributed by atoms with Crippen LogP contribution in [0.15, 0.2) is 30.6 Å². The Morgan fingerprint density at radius 2 is 2.21 bits per heavy atom. The zero-order valence-corrected chi connectivity index (χ0v) is 10.9. The number of hydrogen-bond acceptors (Lipinski definition) is 5.